The lowest BCUT2D eigenvalue weighted by atomic mass is 9.94. The molecule has 5 nitrogen and oxygen atoms in total. The first-order valence-corrected chi connectivity index (χ1v) is 6.89. The van der Waals surface area contributed by atoms with E-state index in [4.69, 9.17) is 5.11 Å². The van der Waals surface area contributed by atoms with Crippen LogP contribution in [0.25, 0.3) is 0 Å². The molecule has 1 unspecified atom stereocenters. The molecule has 1 fully saturated rings. The highest BCUT2D eigenvalue weighted by molar-refractivity contribution is 5.87. The van der Waals surface area contributed by atoms with Crippen LogP contribution in [0.4, 0.5) is 0 Å². The summed E-state index contributed by atoms with van der Waals surface area (Å²) in [5.74, 6) is -0.761. The van der Waals surface area contributed by atoms with Crippen molar-refractivity contribution in [3.63, 3.8) is 0 Å². The second kappa shape index (κ2) is 8.89. The van der Waals surface area contributed by atoms with Gasteiger partial charge < -0.3 is 14.6 Å². The molecule has 1 N–H and O–H groups in total. The lowest BCUT2D eigenvalue weighted by Gasteiger charge is -2.11. The Balaban J connectivity index is 0.000000219. The number of esters is 1. The summed E-state index contributed by atoms with van der Waals surface area (Å²) in [4.78, 5) is 31.6. The van der Waals surface area contributed by atoms with E-state index in [1.165, 1.54) is 7.11 Å². The number of methoxy groups -OCH3 is 1. The molecule has 21 heavy (non-hydrogen) atoms. The molecule has 1 aliphatic carbocycles. The van der Waals surface area contributed by atoms with Crippen molar-refractivity contribution < 1.29 is 24.2 Å². The number of carbonyl (C=O) groups excluding carboxylic acids is 2. The van der Waals surface area contributed by atoms with Crippen molar-refractivity contribution in [1.29, 1.82) is 0 Å². The summed E-state index contributed by atoms with van der Waals surface area (Å²) >= 11 is 0. The number of aromatic carboxylic acids is 1. The van der Waals surface area contributed by atoms with E-state index in [0.29, 0.717) is 12.0 Å². The van der Waals surface area contributed by atoms with Crippen molar-refractivity contribution in [1.82, 2.24) is 0 Å². The molecule has 114 valence electrons. The van der Waals surface area contributed by atoms with Gasteiger partial charge in [-0.05, 0) is 30.9 Å². The average molecular weight is 292 g/mol. The molecule has 1 aromatic carbocycles. The van der Waals surface area contributed by atoms with Gasteiger partial charge in [-0.2, -0.15) is 0 Å². The molecule has 0 aliphatic heterocycles. The van der Waals surface area contributed by atoms with E-state index in [9.17, 15) is 14.4 Å². The minimum atomic E-state index is -0.879. The Morgan fingerprint density at radius 1 is 1.29 bits per heavy atom. The lowest BCUT2D eigenvalue weighted by molar-refractivity contribution is -0.142. The maximum atomic E-state index is 10.9. The molecule has 0 spiro atoms. The Morgan fingerprint density at radius 3 is 2.43 bits per heavy atom. The van der Waals surface area contributed by atoms with Gasteiger partial charge in [0.25, 0.3) is 0 Å². The topological polar surface area (TPSA) is 80.7 Å². The third-order valence-electron chi connectivity index (χ3n) is 3.57. The first kappa shape index (κ1) is 16.9. The molecule has 1 aromatic rings. The van der Waals surface area contributed by atoms with Gasteiger partial charge in [0.2, 0.25) is 0 Å². The van der Waals surface area contributed by atoms with Crippen LogP contribution in [0.15, 0.2) is 30.3 Å². The first-order valence-electron chi connectivity index (χ1n) is 6.89. The van der Waals surface area contributed by atoms with Crippen LogP contribution >= 0.6 is 0 Å². The zero-order valence-corrected chi connectivity index (χ0v) is 12.0. The Kier molecular flexibility index (Phi) is 7.15. The van der Waals surface area contributed by atoms with Crippen molar-refractivity contribution in [2.75, 3.05) is 7.11 Å². The third-order valence-corrected chi connectivity index (χ3v) is 3.57. The lowest BCUT2D eigenvalue weighted by Crippen LogP contribution is -2.14. The number of aldehydes is 1. The molecule has 1 saturated carbocycles. The predicted octanol–water partition coefficient (Wildman–Crippen LogP) is 2.55. The normalized spacial score (nSPS) is 20.0. The number of carboxylic acids is 1. The van der Waals surface area contributed by atoms with Gasteiger partial charge in [0.05, 0.1) is 12.7 Å². The number of carboxylic acid groups (broad SMARTS) is 1. The molecule has 5 heteroatoms. The van der Waals surface area contributed by atoms with E-state index < -0.39 is 5.97 Å². The molecule has 0 saturated heterocycles. The van der Waals surface area contributed by atoms with E-state index in [-0.39, 0.29) is 17.8 Å². The summed E-state index contributed by atoms with van der Waals surface area (Å²) in [7, 11) is 1.38. The largest absolute Gasteiger partial charge is 0.478 e. The van der Waals surface area contributed by atoms with Crippen molar-refractivity contribution in [2.45, 2.75) is 25.7 Å². The highest BCUT2D eigenvalue weighted by atomic mass is 16.5. The van der Waals surface area contributed by atoms with Crippen LogP contribution in [0.2, 0.25) is 0 Å². The molecule has 2 atom stereocenters. The molecular formula is C16H20O5. The number of benzene rings is 1. The van der Waals surface area contributed by atoms with Gasteiger partial charge in [-0.1, -0.05) is 24.6 Å². The van der Waals surface area contributed by atoms with Crippen molar-refractivity contribution >= 4 is 18.2 Å². The maximum Gasteiger partial charge on any atom is 0.335 e. The quantitative estimate of drug-likeness (QED) is 0.681. The summed E-state index contributed by atoms with van der Waals surface area (Å²) in [6, 6.07) is 8.30. The predicted molar refractivity (Wildman–Crippen MR) is 76.9 cm³/mol. The zero-order chi connectivity index (χ0) is 15.7. The van der Waals surface area contributed by atoms with Crippen LogP contribution in [-0.4, -0.2) is 30.4 Å². The summed E-state index contributed by atoms with van der Waals surface area (Å²) in [6.45, 7) is 0. The Morgan fingerprint density at radius 2 is 1.95 bits per heavy atom. The molecular weight excluding hydrogens is 272 g/mol. The third kappa shape index (κ3) is 5.77. The van der Waals surface area contributed by atoms with Gasteiger partial charge >= 0.3 is 11.9 Å². The Labute approximate surface area is 123 Å². The van der Waals surface area contributed by atoms with Crippen molar-refractivity contribution in [3.05, 3.63) is 35.9 Å². The van der Waals surface area contributed by atoms with Gasteiger partial charge in [-0.3, -0.25) is 4.79 Å². The van der Waals surface area contributed by atoms with E-state index in [2.05, 4.69) is 4.74 Å². The number of rotatable bonds is 4. The fraction of sp³-hybridized carbons (Fsp3) is 0.438. The SMILES string of the molecule is COC(=O)C[C@H]1CCCC1C=O.O=C(O)c1ccccc1. The minimum Gasteiger partial charge on any atom is -0.478 e. The standard InChI is InChI=1S/C9H14O3.C7H6O2/c1-12-9(11)5-7-3-2-4-8(7)6-10;8-7(9)6-4-2-1-3-5-6/h6-8H,2-5H2,1H3;1-5H,(H,8,9)/t7-,8?;/m1./s1. The molecule has 0 amide bonds. The van der Waals surface area contributed by atoms with E-state index in [1.807, 2.05) is 0 Å². The van der Waals surface area contributed by atoms with Gasteiger partial charge in [0.1, 0.15) is 6.29 Å². The minimum absolute atomic E-state index is 0.0871. The van der Waals surface area contributed by atoms with Crippen LogP contribution in [0.1, 0.15) is 36.0 Å². The molecule has 0 heterocycles. The van der Waals surface area contributed by atoms with Gasteiger partial charge in [0.15, 0.2) is 0 Å². The molecule has 0 radical (unpaired) electrons. The number of hydrogen-bond donors (Lipinski definition) is 1. The second-order valence-corrected chi connectivity index (χ2v) is 4.94. The number of carbonyl (C=O) groups is 3. The Hall–Kier alpha value is -2.17. The van der Waals surface area contributed by atoms with E-state index in [0.717, 1.165) is 25.5 Å². The summed E-state index contributed by atoms with van der Waals surface area (Å²) in [6.07, 6.45) is 4.36. The molecule has 2 rings (SSSR count). The summed E-state index contributed by atoms with van der Waals surface area (Å²) in [5.41, 5.74) is 0.331. The molecule has 0 bridgehead atoms. The fourth-order valence-corrected chi connectivity index (χ4v) is 2.38. The smallest absolute Gasteiger partial charge is 0.335 e. The monoisotopic (exact) mass is 292 g/mol. The number of hydrogen-bond acceptors (Lipinski definition) is 4. The van der Waals surface area contributed by atoms with Gasteiger partial charge in [-0.15, -0.1) is 0 Å². The summed E-state index contributed by atoms with van der Waals surface area (Å²) < 4.78 is 4.55. The summed E-state index contributed by atoms with van der Waals surface area (Å²) in [5, 5.41) is 8.38. The van der Waals surface area contributed by atoms with Crippen LogP contribution in [0.3, 0.4) is 0 Å². The fourth-order valence-electron chi connectivity index (χ4n) is 2.38. The second-order valence-electron chi connectivity index (χ2n) is 4.94. The molecule has 0 aromatic heterocycles. The van der Waals surface area contributed by atoms with E-state index >= 15 is 0 Å². The van der Waals surface area contributed by atoms with Crippen molar-refractivity contribution in [3.8, 4) is 0 Å². The van der Waals surface area contributed by atoms with Gasteiger partial charge in [0, 0.05) is 12.3 Å². The van der Waals surface area contributed by atoms with Crippen molar-refractivity contribution in [2.24, 2.45) is 11.8 Å². The highest BCUT2D eigenvalue weighted by Crippen LogP contribution is 2.32. The highest BCUT2D eigenvalue weighted by Gasteiger charge is 2.28. The Bertz CT molecular complexity index is 469. The number of ether oxygens (including phenoxy) is 1. The molecule has 1 aliphatic rings. The van der Waals surface area contributed by atoms with Crippen LogP contribution in [-0.2, 0) is 14.3 Å². The van der Waals surface area contributed by atoms with Crippen LogP contribution in [0, 0.1) is 11.8 Å². The van der Waals surface area contributed by atoms with Crippen LogP contribution < -0.4 is 0 Å². The maximum absolute atomic E-state index is 10.9. The van der Waals surface area contributed by atoms with Crippen LogP contribution in [0.5, 0.6) is 0 Å². The van der Waals surface area contributed by atoms with Gasteiger partial charge in [-0.25, -0.2) is 4.79 Å². The first-order chi connectivity index (χ1) is 10.1. The zero-order valence-electron chi connectivity index (χ0n) is 12.0. The van der Waals surface area contributed by atoms with E-state index in [1.54, 1.807) is 30.3 Å². The average Bonchev–Trinajstić information content (AvgIpc) is 2.95.